The largest absolute Gasteiger partial charge is 0.310 e. The van der Waals surface area contributed by atoms with Crippen molar-refractivity contribution in [3.63, 3.8) is 0 Å². The van der Waals surface area contributed by atoms with E-state index in [9.17, 15) is 0 Å². The molecule has 0 saturated carbocycles. The van der Waals surface area contributed by atoms with Crippen LogP contribution in [0.4, 0.5) is 17.1 Å². The zero-order chi connectivity index (χ0) is 32.3. The quantitative estimate of drug-likeness (QED) is 0.189. The van der Waals surface area contributed by atoms with Gasteiger partial charge in [-0.25, -0.2) is 0 Å². The molecule has 1 aliphatic heterocycles. The first kappa shape index (κ1) is 27.7. The van der Waals surface area contributed by atoms with Crippen LogP contribution >= 0.6 is 0 Å². The minimum Gasteiger partial charge on any atom is -0.310 e. The molecule has 0 saturated heterocycles. The third-order valence-corrected chi connectivity index (χ3v) is 10.2. The minimum atomic E-state index is 0.875. The summed E-state index contributed by atoms with van der Waals surface area (Å²) in [5.41, 5.74) is 14.9. The van der Waals surface area contributed by atoms with Gasteiger partial charge in [0, 0.05) is 39.9 Å². The third kappa shape index (κ3) is 4.49. The molecule has 0 fully saturated rings. The first-order chi connectivity index (χ1) is 24.3. The van der Waals surface area contributed by atoms with E-state index in [1.807, 2.05) is 0 Å². The fourth-order valence-electron chi connectivity index (χ4n) is 7.91. The van der Waals surface area contributed by atoms with Crippen molar-refractivity contribution in [1.29, 1.82) is 0 Å². The normalized spacial score (nSPS) is 12.4. The highest BCUT2D eigenvalue weighted by atomic mass is 15.2. The zero-order valence-electron chi connectivity index (χ0n) is 26.9. The number of benzene rings is 8. The molecule has 0 N–H and O–H groups in total. The Morgan fingerprint density at radius 1 is 0.367 bits per heavy atom. The van der Waals surface area contributed by atoms with Gasteiger partial charge in [0.25, 0.3) is 0 Å². The van der Waals surface area contributed by atoms with Crippen LogP contribution in [0.2, 0.25) is 0 Å². The van der Waals surface area contributed by atoms with Crippen LogP contribution in [0.5, 0.6) is 0 Å². The number of nitrogens with zero attached hydrogens (tertiary/aromatic N) is 2. The molecule has 2 nitrogen and oxygen atoms in total. The Balaban J connectivity index is 1.06. The van der Waals surface area contributed by atoms with Gasteiger partial charge in [-0.3, -0.25) is 0 Å². The van der Waals surface area contributed by atoms with E-state index in [0.717, 1.165) is 6.42 Å². The molecule has 0 amide bonds. The summed E-state index contributed by atoms with van der Waals surface area (Å²) in [4.78, 5) is 2.43. The second-order valence-electron chi connectivity index (χ2n) is 13.0. The zero-order valence-corrected chi connectivity index (χ0v) is 26.9. The SMILES string of the molecule is c1ccc(N2c3ccc(-c4ccc(-n5c6ccccc6c6ccccc65)cc4)cc3Cc3cc(-c4cccc5ccccc45)ccc32)cc1. The van der Waals surface area contributed by atoms with Crippen molar-refractivity contribution >= 4 is 49.6 Å². The van der Waals surface area contributed by atoms with E-state index < -0.39 is 0 Å². The van der Waals surface area contributed by atoms with Gasteiger partial charge in [0.1, 0.15) is 0 Å². The predicted molar refractivity (Wildman–Crippen MR) is 207 cm³/mol. The van der Waals surface area contributed by atoms with Crippen molar-refractivity contribution in [2.45, 2.75) is 6.42 Å². The lowest BCUT2D eigenvalue weighted by atomic mass is 9.89. The summed E-state index contributed by atoms with van der Waals surface area (Å²) in [5, 5.41) is 5.11. The number of rotatable bonds is 4. The average molecular weight is 625 g/mol. The molecule has 2 heteroatoms. The van der Waals surface area contributed by atoms with Gasteiger partial charge in [-0.2, -0.15) is 0 Å². The number of aromatic nitrogens is 1. The van der Waals surface area contributed by atoms with Gasteiger partial charge in [0.05, 0.1) is 11.0 Å². The number of para-hydroxylation sites is 3. The lowest BCUT2D eigenvalue weighted by Crippen LogP contribution is -2.18. The average Bonchev–Trinajstić information content (AvgIpc) is 3.51. The maximum Gasteiger partial charge on any atom is 0.0541 e. The summed E-state index contributed by atoms with van der Waals surface area (Å²) in [6.45, 7) is 0. The topological polar surface area (TPSA) is 8.17 Å². The molecule has 49 heavy (non-hydrogen) atoms. The highest BCUT2D eigenvalue weighted by Gasteiger charge is 2.25. The Labute approximate surface area is 285 Å². The summed E-state index contributed by atoms with van der Waals surface area (Å²) in [6, 6.07) is 66.5. The van der Waals surface area contributed by atoms with Crippen molar-refractivity contribution in [3.05, 3.63) is 193 Å². The van der Waals surface area contributed by atoms with Crippen LogP contribution in [0.25, 0.3) is 60.5 Å². The van der Waals surface area contributed by atoms with Crippen molar-refractivity contribution in [3.8, 4) is 27.9 Å². The van der Waals surface area contributed by atoms with Gasteiger partial charge in [-0.1, -0.05) is 121 Å². The Hall–Kier alpha value is -6.38. The van der Waals surface area contributed by atoms with Crippen LogP contribution in [0.1, 0.15) is 11.1 Å². The Bertz CT molecular complexity index is 2620. The maximum atomic E-state index is 2.43. The number of anilines is 3. The summed E-state index contributed by atoms with van der Waals surface area (Å²) in [6.07, 6.45) is 0.875. The predicted octanol–water partition coefficient (Wildman–Crippen LogP) is 12.6. The first-order valence-corrected chi connectivity index (χ1v) is 17.0. The molecule has 2 heterocycles. The van der Waals surface area contributed by atoms with Crippen molar-refractivity contribution in [1.82, 2.24) is 4.57 Å². The van der Waals surface area contributed by atoms with Gasteiger partial charge in [-0.05, 0) is 105 Å². The van der Waals surface area contributed by atoms with E-state index in [1.165, 1.54) is 88.7 Å². The van der Waals surface area contributed by atoms with Gasteiger partial charge < -0.3 is 9.47 Å². The van der Waals surface area contributed by atoms with Crippen LogP contribution in [0, 0.1) is 0 Å². The molecule has 0 bridgehead atoms. The summed E-state index contributed by atoms with van der Waals surface area (Å²) < 4.78 is 2.38. The minimum absolute atomic E-state index is 0.875. The van der Waals surface area contributed by atoms with E-state index in [4.69, 9.17) is 0 Å². The van der Waals surface area contributed by atoms with Gasteiger partial charge in [0.15, 0.2) is 0 Å². The van der Waals surface area contributed by atoms with Crippen LogP contribution in [-0.4, -0.2) is 4.57 Å². The van der Waals surface area contributed by atoms with Gasteiger partial charge in [-0.15, -0.1) is 0 Å². The lowest BCUT2D eigenvalue weighted by Gasteiger charge is -2.34. The van der Waals surface area contributed by atoms with Crippen LogP contribution in [0.3, 0.4) is 0 Å². The molecule has 9 aromatic rings. The van der Waals surface area contributed by atoms with Crippen molar-refractivity contribution in [2.24, 2.45) is 0 Å². The van der Waals surface area contributed by atoms with Crippen molar-refractivity contribution in [2.75, 3.05) is 4.90 Å². The maximum absolute atomic E-state index is 2.43. The van der Waals surface area contributed by atoms with Gasteiger partial charge in [0.2, 0.25) is 0 Å². The molecule has 230 valence electrons. The molecule has 8 aromatic carbocycles. The van der Waals surface area contributed by atoms with E-state index in [2.05, 4.69) is 191 Å². The van der Waals surface area contributed by atoms with Crippen LogP contribution in [-0.2, 0) is 6.42 Å². The van der Waals surface area contributed by atoms with Crippen LogP contribution < -0.4 is 4.90 Å². The second kappa shape index (κ2) is 11.1. The molecule has 0 atom stereocenters. The molecule has 0 radical (unpaired) electrons. The lowest BCUT2D eigenvalue weighted by molar-refractivity contribution is 1.09. The molecule has 0 unspecified atom stereocenters. The van der Waals surface area contributed by atoms with Gasteiger partial charge >= 0.3 is 0 Å². The van der Waals surface area contributed by atoms with E-state index in [-0.39, 0.29) is 0 Å². The smallest absolute Gasteiger partial charge is 0.0541 e. The Morgan fingerprint density at radius 2 is 0.918 bits per heavy atom. The molecule has 1 aromatic heterocycles. The van der Waals surface area contributed by atoms with Crippen LogP contribution in [0.15, 0.2) is 182 Å². The van der Waals surface area contributed by atoms with E-state index in [0.29, 0.717) is 0 Å². The molecular weight excluding hydrogens is 593 g/mol. The Kier molecular flexibility index (Phi) is 6.28. The van der Waals surface area contributed by atoms with E-state index >= 15 is 0 Å². The summed E-state index contributed by atoms with van der Waals surface area (Å²) >= 11 is 0. The number of fused-ring (bicyclic) bond motifs is 6. The first-order valence-electron chi connectivity index (χ1n) is 17.0. The number of hydrogen-bond donors (Lipinski definition) is 0. The summed E-state index contributed by atoms with van der Waals surface area (Å²) in [7, 11) is 0. The molecule has 10 rings (SSSR count). The fraction of sp³-hybridized carbons (Fsp3) is 0.0213. The Morgan fingerprint density at radius 3 is 1.63 bits per heavy atom. The highest BCUT2D eigenvalue weighted by Crippen LogP contribution is 2.46. The number of hydrogen-bond acceptors (Lipinski definition) is 1. The second-order valence-corrected chi connectivity index (χ2v) is 13.0. The third-order valence-electron chi connectivity index (χ3n) is 10.2. The molecule has 0 spiro atoms. The summed E-state index contributed by atoms with van der Waals surface area (Å²) in [5.74, 6) is 0. The van der Waals surface area contributed by atoms with E-state index in [1.54, 1.807) is 0 Å². The fourth-order valence-corrected chi connectivity index (χ4v) is 7.91. The molecular formula is C47H32N2. The standard InChI is InChI=1S/C47H32N2/c1-2-13-38(14-3-1)48-44-27-23-34(32-21-25-39(26-22-32)49-46-19-8-6-16-42(46)43-17-7-9-20-47(43)49)29-36(44)31-37-30-35(24-28-45(37)48)41-18-10-12-33-11-4-5-15-40(33)41/h1-30H,31H2. The monoisotopic (exact) mass is 624 g/mol. The highest BCUT2D eigenvalue weighted by molar-refractivity contribution is 6.09. The van der Waals surface area contributed by atoms with Crippen molar-refractivity contribution < 1.29 is 0 Å². The molecule has 1 aliphatic rings. The molecule has 0 aliphatic carbocycles.